The van der Waals surface area contributed by atoms with Crippen molar-refractivity contribution in [3.63, 3.8) is 0 Å². The monoisotopic (exact) mass is 305 g/mol. The summed E-state index contributed by atoms with van der Waals surface area (Å²) in [5.41, 5.74) is -0.564. The molecule has 1 heterocycles. The summed E-state index contributed by atoms with van der Waals surface area (Å²) in [5.74, 6) is 0. The van der Waals surface area contributed by atoms with Crippen molar-refractivity contribution in [1.82, 2.24) is 4.90 Å². The van der Waals surface area contributed by atoms with Crippen LogP contribution in [0.5, 0.6) is 0 Å². The third kappa shape index (κ3) is 5.50. The minimum atomic E-state index is -3.66. The van der Waals surface area contributed by atoms with E-state index >= 15 is 0 Å². The van der Waals surface area contributed by atoms with Gasteiger partial charge < -0.3 is 9.64 Å². The van der Waals surface area contributed by atoms with Crippen molar-refractivity contribution in [3.05, 3.63) is 11.5 Å². The maximum Gasteiger partial charge on any atom is 0.410 e. The summed E-state index contributed by atoms with van der Waals surface area (Å²) in [4.78, 5) is 13.6. The van der Waals surface area contributed by atoms with E-state index in [-0.39, 0.29) is 12.6 Å². The lowest BCUT2D eigenvalue weighted by Gasteiger charge is -2.27. The fourth-order valence-electron chi connectivity index (χ4n) is 1.93. The maximum absolute atomic E-state index is 12.0. The van der Waals surface area contributed by atoms with Gasteiger partial charge in [-0.05, 0) is 46.6 Å². The van der Waals surface area contributed by atoms with Crippen LogP contribution in [-0.4, -0.2) is 44.2 Å². The molecule has 1 amide bonds. The van der Waals surface area contributed by atoms with E-state index in [2.05, 4.69) is 4.18 Å². The number of likely N-dealkylation sites (tertiary alicyclic amines) is 1. The predicted octanol–water partition coefficient (Wildman–Crippen LogP) is 2.27. The highest BCUT2D eigenvalue weighted by Gasteiger charge is 2.30. The first kappa shape index (κ1) is 17.0. The van der Waals surface area contributed by atoms with E-state index in [4.69, 9.17) is 4.74 Å². The Labute approximate surface area is 120 Å². The van der Waals surface area contributed by atoms with Crippen molar-refractivity contribution < 1.29 is 22.1 Å². The molecule has 0 aromatic carbocycles. The van der Waals surface area contributed by atoms with Crippen LogP contribution in [0.3, 0.4) is 0 Å². The first-order valence-electron chi connectivity index (χ1n) is 6.72. The molecule has 0 saturated carbocycles. The highest BCUT2D eigenvalue weighted by molar-refractivity contribution is 7.89. The minimum absolute atomic E-state index is 0.0904. The topological polar surface area (TPSA) is 72.9 Å². The molecule has 0 bridgehead atoms. The van der Waals surface area contributed by atoms with Crippen LogP contribution in [0.25, 0.3) is 0 Å². The number of carbonyl (C=O) groups is 1. The summed E-state index contributed by atoms with van der Waals surface area (Å²) < 4.78 is 32.8. The molecule has 0 aliphatic carbocycles. The summed E-state index contributed by atoms with van der Waals surface area (Å²) in [6, 6.07) is -0.264. The average Bonchev–Trinajstić information content (AvgIpc) is 2.72. The van der Waals surface area contributed by atoms with E-state index in [1.54, 1.807) is 32.6 Å². The van der Waals surface area contributed by atoms with Gasteiger partial charge in [-0.1, -0.05) is 0 Å². The third-order valence-corrected chi connectivity index (χ3v) is 3.73. The quantitative estimate of drug-likeness (QED) is 0.745. The third-order valence-electron chi connectivity index (χ3n) is 2.68. The van der Waals surface area contributed by atoms with Gasteiger partial charge in [0.2, 0.25) is 0 Å². The van der Waals surface area contributed by atoms with Gasteiger partial charge in [0, 0.05) is 6.54 Å². The van der Waals surface area contributed by atoms with Gasteiger partial charge in [-0.2, -0.15) is 8.42 Å². The van der Waals surface area contributed by atoms with Crippen LogP contribution < -0.4 is 0 Å². The standard InChI is InChI=1S/C13H23NO5S/c1-5-18-20(16,17)10-8-11-7-6-9-14(11)12(15)19-13(2,3)4/h8,10-11H,5-7,9H2,1-4H3/b10-8+. The molecule has 0 aromatic heterocycles. The lowest BCUT2D eigenvalue weighted by molar-refractivity contribution is 0.0256. The molecule has 1 atom stereocenters. The molecule has 116 valence electrons. The Morgan fingerprint density at radius 3 is 2.60 bits per heavy atom. The van der Waals surface area contributed by atoms with Crippen LogP contribution in [0.4, 0.5) is 4.79 Å². The fraction of sp³-hybridized carbons (Fsp3) is 0.769. The van der Waals surface area contributed by atoms with Gasteiger partial charge in [-0.25, -0.2) is 4.79 Å². The second kappa shape index (κ2) is 6.58. The van der Waals surface area contributed by atoms with Gasteiger partial charge >= 0.3 is 6.09 Å². The molecule has 7 heteroatoms. The van der Waals surface area contributed by atoms with Gasteiger partial charge in [0.05, 0.1) is 18.1 Å². The summed E-state index contributed by atoms with van der Waals surface area (Å²) in [5, 5.41) is 1.02. The summed E-state index contributed by atoms with van der Waals surface area (Å²) in [7, 11) is -3.66. The number of hydrogen-bond acceptors (Lipinski definition) is 5. The van der Waals surface area contributed by atoms with Crippen molar-refractivity contribution in [1.29, 1.82) is 0 Å². The number of nitrogens with zero attached hydrogens (tertiary/aromatic N) is 1. The summed E-state index contributed by atoms with van der Waals surface area (Å²) >= 11 is 0. The van der Waals surface area contributed by atoms with Crippen molar-refractivity contribution in [2.45, 2.75) is 52.2 Å². The summed E-state index contributed by atoms with van der Waals surface area (Å²) in [6.07, 6.45) is 2.61. The number of hydrogen-bond donors (Lipinski definition) is 0. The smallest absolute Gasteiger partial charge is 0.410 e. The van der Waals surface area contributed by atoms with E-state index in [0.29, 0.717) is 6.54 Å². The van der Waals surface area contributed by atoms with Crippen LogP contribution in [0, 0.1) is 0 Å². The number of rotatable bonds is 4. The van der Waals surface area contributed by atoms with E-state index in [0.717, 1.165) is 18.2 Å². The second-order valence-corrected chi connectivity index (χ2v) is 7.10. The predicted molar refractivity (Wildman–Crippen MR) is 75.6 cm³/mol. The largest absolute Gasteiger partial charge is 0.444 e. The van der Waals surface area contributed by atoms with Crippen molar-refractivity contribution in [3.8, 4) is 0 Å². The van der Waals surface area contributed by atoms with Crippen LogP contribution in [0.2, 0.25) is 0 Å². The SMILES string of the molecule is CCOS(=O)(=O)/C=C/C1CCCN1C(=O)OC(C)(C)C. The van der Waals surface area contributed by atoms with Crippen molar-refractivity contribution in [2.24, 2.45) is 0 Å². The Hall–Kier alpha value is -1.08. The molecule has 1 rings (SSSR count). The highest BCUT2D eigenvalue weighted by Crippen LogP contribution is 2.22. The highest BCUT2D eigenvalue weighted by atomic mass is 32.2. The Kier molecular flexibility index (Phi) is 5.59. The number of ether oxygens (including phenoxy) is 1. The Morgan fingerprint density at radius 2 is 2.05 bits per heavy atom. The fourth-order valence-corrected chi connectivity index (χ4v) is 2.71. The Bertz CT molecular complexity index is 464. The zero-order valence-corrected chi connectivity index (χ0v) is 13.3. The number of amides is 1. The molecule has 1 aliphatic rings. The van der Waals surface area contributed by atoms with Crippen LogP contribution in [-0.2, 0) is 19.0 Å². The van der Waals surface area contributed by atoms with E-state index in [1.807, 2.05) is 0 Å². The lowest BCUT2D eigenvalue weighted by Crippen LogP contribution is -2.39. The summed E-state index contributed by atoms with van der Waals surface area (Å²) in [6.45, 7) is 7.65. The molecular formula is C13H23NO5S. The van der Waals surface area contributed by atoms with Crippen LogP contribution in [0.15, 0.2) is 11.5 Å². The minimum Gasteiger partial charge on any atom is -0.444 e. The van der Waals surface area contributed by atoms with Gasteiger partial charge in [0.1, 0.15) is 5.60 Å². The van der Waals surface area contributed by atoms with Crippen molar-refractivity contribution >= 4 is 16.2 Å². The zero-order valence-electron chi connectivity index (χ0n) is 12.5. The molecule has 0 N–H and O–H groups in total. The number of carbonyl (C=O) groups excluding carboxylic acids is 1. The normalized spacial score (nSPS) is 20.6. The average molecular weight is 305 g/mol. The van der Waals surface area contributed by atoms with Crippen molar-refractivity contribution in [2.75, 3.05) is 13.2 Å². The van der Waals surface area contributed by atoms with Gasteiger partial charge in [0.15, 0.2) is 0 Å². The molecule has 1 unspecified atom stereocenters. The van der Waals surface area contributed by atoms with E-state index < -0.39 is 21.8 Å². The van der Waals surface area contributed by atoms with E-state index in [1.165, 1.54) is 6.08 Å². The van der Waals surface area contributed by atoms with Gasteiger partial charge in [-0.3, -0.25) is 4.18 Å². The van der Waals surface area contributed by atoms with Crippen LogP contribution >= 0.6 is 0 Å². The Morgan fingerprint density at radius 1 is 1.40 bits per heavy atom. The zero-order chi connectivity index (χ0) is 15.4. The van der Waals surface area contributed by atoms with Gasteiger partial charge in [0.25, 0.3) is 10.1 Å². The molecule has 6 nitrogen and oxygen atoms in total. The Balaban J connectivity index is 2.71. The molecule has 1 fully saturated rings. The molecule has 0 radical (unpaired) electrons. The first-order chi connectivity index (χ1) is 9.14. The molecule has 0 spiro atoms. The lowest BCUT2D eigenvalue weighted by atomic mass is 10.2. The van der Waals surface area contributed by atoms with E-state index in [9.17, 15) is 13.2 Å². The second-order valence-electron chi connectivity index (χ2n) is 5.61. The molecular weight excluding hydrogens is 282 g/mol. The molecule has 0 aromatic rings. The van der Waals surface area contributed by atoms with Gasteiger partial charge in [-0.15, -0.1) is 0 Å². The molecule has 1 saturated heterocycles. The molecule has 1 aliphatic heterocycles. The maximum atomic E-state index is 12.0. The molecule has 20 heavy (non-hydrogen) atoms. The van der Waals surface area contributed by atoms with Crippen LogP contribution in [0.1, 0.15) is 40.5 Å². The first-order valence-corrected chi connectivity index (χ1v) is 8.19.